The average molecular weight is 476 g/mol. The second kappa shape index (κ2) is 9.76. The maximum atomic E-state index is 12.0. The standard InChI is InChI=1S/C27H33N5OS/c1-3-4-7-18(14-19-17-29-23-9-6-5-8-21(19)23)22-15-20(32-12-10-31(2)11-13-32)16-24-25(22)30-27(34-24)26(28)33/h5-6,8-9,15-18,29H,3-4,7,10-14H2,1-2H3,(H2,28,33). The molecule has 0 aliphatic carbocycles. The average Bonchev–Trinajstić information content (AvgIpc) is 3.46. The number of anilines is 1. The number of H-pyrrole nitrogens is 1. The molecule has 3 N–H and O–H groups in total. The highest BCUT2D eigenvalue weighted by Gasteiger charge is 2.23. The van der Waals surface area contributed by atoms with Crippen LogP contribution in [0, 0.1) is 0 Å². The Kier molecular flexibility index (Phi) is 6.57. The van der Waals surface area contributed by atoms with Crippen LogP contribution in [-0.4, -0.2) is 54.0 Å². The number of nitrogens with two attached hydrogens (primary N) is 1. The number of hydrogen-bond donors (Lipinski definition) is 2. The fourth-order valence-electron chi connectivity index (χ4n) is 5.09. The molecule has 1 saturated heterocycles. The highest BCUT2D eigenvalue weighted by atomic mass is 32.1. The number of unbranched alkanes of at least 4 members (excludes halogenated alkanes) is 1. The van der Waals surface area contributed by atoms with Gasteiger partial charge in [-0.05, 0) is 55.1 Å². The van der Waals surface area contributed by atoms with Crippen molar-refractivity contribution in [1.29, 1.82) is 0 Å². The molecule has 0 saturated carbocycles. The largest absolute Gasteiger partial charge is 0.369 e. The summed E-state index contributed by atoms with van der Waals surface area (Å²) in [6.45, 7) is 6.36. The number of benzene rings is 2. The first-order valence-electron chi connectivity index (χ1n) is 12.3. The summed E-state index contributed by atoms with van der Waals surface area (Å²) in [5.41, 5.74) is 11.6. The Morgan fingerprint density at radius 2 is 2.00 bits per heavy atom. The molecule has 1 unspecified atom stereocenters. The van der Waals surface area contributed by atoms with Gasteiger partial charge in [-0.3, -0.25) is 4.79 Å². The molecule has 1 fully saturated rings. The number of aromatic nitrogens is 2. The lowest BCUT2D eigenvalue weighted by Crippen LogP contribution is -2.44. The fourth-order valence-corrected chi connectivity index (χ4v) is 5.97. The van der Waals surface area contributed by atoms with Crippen LogP contribution < -0.4 is 10.6 Å². The molecule has 0 spiro atoms. The van der Waals surface area contributed by atoms with Gasteiger partial charge in [-0.15, -0.1) is 11.3 Å². The Morgan fingerprint density at radius 3 is 2.76 bits per heavy atom. The normalized spacial score (nSPS) is 15.9. The van der Waals surface area contributed by atoms with Gasteiger partial charge < -0.3 is 20.5 Å². The maximum absolute atomic E-state index is 12.0. The van der Waals surface area contributed by atoms with E-state index in [0.29, 0.717) is 10.9 Å². The third kappa shape index (κ3) is 4.55. The van der Waals surface area contributed by atoms with Gasteiger partial charge in [0.05, 0.1) is 10.2 Å². The van der Waals surface area contributed by atoms with Gasteiger partial charge in [-0.1, -0.05) is 38.0 Å². The Hall–Kier alpha value is -2.90. The van der Waals surface area contributed by atoms with Gasteiger partial charge in [0.25, 0.3) is 5.91 Å². The van der Waals surface area contributed by atoms with Crippen molar-refractivity contribution < 1.29 is 4.79 Å². The lowest BCUT2D eigenvalue weighted by molar-refractivity contribution is 0.1000. The molecule has 1 atom stereocenters. The van der Waals surface area contributed by atoms with Crippen molar-refractivity contribution in [3.8, 4) is 0 Å². The molecule has 5 rings (SSSR count). The van der Waals surface area contributed by atoms with Crippen molar-refractivity contribution in [1.82, 2.24) is 14.9 Å². The van der Waals surface area contributed by atoms with Crippen molar-refractivity contribution in [3.05, 3.63) is 58.7 Å². The third-order valence-corrected chi connectivity index (χ3v) is 8.09. The van der Waals surface area contributed by atoms with E-state index < -0.39 is 5.91 Å². The number of fused-ring (bicyclic) bond motifs is 2. The zero-order chi connectivity index (χ0) is 23.7. The topological polar surface area (TPSA) is 78.3 Å². The third-order valence-electron chi connectivity index (χ3n) is 7.08. The number of amides is 1. The molecule has 0 bridgehead atoms. The van der Waals surface area contributed by atoms with Crippen LogP contribution in [0.4, 0.5) is 5.69 Å². The molecular formula is C27H33N5OS. The van der Waals surface area contributed by atoms with Crippen molar-refractivity contribution in [2.45, 2.75) is 38.5 Å². The van der Waals surface area contributed by atoms with Gasteiger partial charge >= 0.3 is 0 Å². The number of likely N-dealkylation sites (N-methyl/N-ethyl adjacent to an activating group) is 1. The van der Waals surface area contributed by atoms with Crippen LogP contribution in [0.1, 0.15) is 53.0 Å². The zero-order valence-corrected chi connectivity index (χ0v) is 20.8. The SMILES string of the molecule is CCCCC(Cc1c[nH]c2ccccc12)c1cc(N2CCN(C)CC2)cc2sc(C(N)=O)nc12. The number of para-hydroxylation sites is 1. The minimum Gasteiger partial charge on any atom is -0.369 e. The number of rotatable bonds is 8. The van der Waals surface area contributed by atoms with E-state index in [2.05, 4.69) is 71.4 Å². The van der Waals surface area contributed by atoms with Crippen molar-refractivity contribution in [2.75, 3.05) is 38.1 Å². The summed E-state index contributed by atoms with van der Waals surface area (Å²) in [6, 6.07) is 13.0. The summed E-state index contributed by atoms with van der Waals surface area (Å²) in [5, 5.41) is 1.68. The summed E-state index contributed by atoms with van der Waals surface area (Å²) >= 11 is 1.42. The van der Waals surface area contributed by atoms with E-state index in [-0.39, 0.29) is 0 Å². The van der Waals surface area contributed by atoms with Crippen molar-refractivity contribution in [3.63, 3.8) is 0 Å². The summed E-state index contributed by atoms with van der Waals surface area (Å²) in [4.78, 5) is 25.0. The first kappa shape index (κ1) is 22.9. The minimum absolute atomic E-state index is 0.317. The summed E-state index contributed by atoms with van der Waals surface area (Å²) in [7, 11) is 2.18. The van der Waals surface area contributed by atoms with E-state index in [9.17, 15) is 4.79 Å². The molecule has 3 heterocycles. The van der Waals surface area contributed by atoms with E-state index in [0.717, 1.165) is 62.1 Å². The Labute approximate surface area is 204 Å². The summed E-state index contributed by atoms with van der Waals surface area (Å²) in [6.07, 6.45) is 6.48. The van der Waals surface area contributed by atoms with Gasteiger partial charge in [0.15, 0.2) is 5.01 Å². The van der Waals surface area contributed by atoms with Crippen molar-refractivity contribution in [2.24, 2.45) is 5.73 Å². The molecule has 34 heavy (non-hydrogen) atoms. The molecule has 2 aromatic carbocycles. The van der Waals surface area contributed by atoms with Gasteiger partial charge in [-0.2, -0.15) is 0 Å². The van der Waals surface area contributed by atoms with Crippen LogP contribution in [0.25, 0.3) is 21.1 Å². The molecule has 1 aliphatic heterocycles. The van der Waals surface area contributed by atoms with Crippen LogP contribution in [0.2, 0.25) is 0 Å². The number of thiazole rings is 1. The van der Waals surface area contributed by atoms with Crippen LogP contribution in [0.3, 0.4) is 0 Å². The molecule has 0 radical (unpaired) electrons. The van der Waals surface area contributed by atoms with E-state index in [4.69, 9.17) is 10.7 Å². The number of hydrogen-bond acceptors (Lipinski definition) is 5. The van der Waals surface area contributed by atoms with Crippen LogP contribution in [0.5, 0.6) is 0 Å². The smallest absolute Gasteiger partial charge is 0.277 e. The lowest BCUT2D eigenvalue weighted by atomic mass is 9.86. The number of aromatic amines is 1. The Morgan fingerprint density at radius 1 is 1.21 bits per heavy atom. The van der Waals surface area contributed by atoms with E-state index in [1.807, 2.05) is 0 Å². The Bertz CT molecular complexity index is 1300. The first-order chi connectivity index (χ1) is 16.5. The molecule has 1 amide bonds. The Balaban J connectivity index is 1.60. The van der Waals surface area contributed by atoms with Crippen molar-refractivity contribution >= 4 is 44.1 Å². The van der Waals surface area contributed by atoms with Gasteiger partial charge in [-0.25, -0.2) is 4.98 Å². The number of carbonyl (C=O) groups is 1. The predicted molar refractivity (Wildman–Crippen MR) is 142 cm³/mol. The predicted octanol–water partition coefficient (Wildman–Crippen LogP) is 5.14. The molecule has 6 nitrogen and oxygen atoms in total. The van der Waals surface area contributed by atoms with Crippen LogP contribution >= 0.6 is 11.3 Å². The molecule has 1 aliphatic rings. The van der Waals surface area contributed by atoms with Gasteiger partial charge in [0.2, 0.25) is 0 Å². The van der Waals surface area contributed by atoms with E-state index in [1.54, 1.807) is 0 Å². The number of piperazine rings is 1. The number of carbonyl (C=O) groups excluding carboxylic acids is 1. The summed E-state index contributed by atoms with van der Waals surface area (Å²) < 4.78 is 1.06. The molecule has 7 heteroatoms. The van der Waals surface area contributed by atoms with Crippen LogP contribution in [0.15, 0.2) is 42.6 Å². The number of nitrogens with one attached hydrogen (secondary N) is 1. The highest BCUT2D eigenvalue weighted by Crippen LogP contribution is 2.38. The molecule has 4 aromatic rings. The van der Waals surface area contributed by atoms with E-state index in [1.165, 1.54) is 39.1 Å². The zero-order valence-electron chi connectivity index (χ0n) is 20.0. The van der Waals surface area contributed by atoms with Gasteiger partial charge in [0.1, 0.15) is 0 Å². The van der Waals surface area contributed by atoms with Crippen LogP contribution in [-0.2, 0) is 6.42 Å². The summed E-state index contributed by atoms with van der Waals surface area (Å²) in [5.74, 6) is -0.132. The van der Waals surface area contributed by atoms with Gasteiger partial charge in [0, 0.05) is 49.0 Å². The fraction of sp³-hybridized carbons (Fsp3) is 0.407. The lowest BCUT2D eigenvalue weighted by Gasteiger charge is -2.34. The number of nitrogens with zero attached hydrogens (tertiary/aromatic N) is 3. The minimum atomic E-state index is -0.449. The second-order valence-corrected chi connectivity index (χ2v) is 10.5. The first-order valence-corrected chi connectivity index (χ1v) is 13.1. The molecule has 2 aromatic heterocycles. The maximum Gasteiger partial charge on any atom is 0.277 e. The number of primary amides is 1. The monoisotopic (exact) mass is 475 g/mol. The second-order valence-electron chi connectivity index (χ2n) is 9.46. The quantitative estimate of drug-likeness (QED) is 0.370. The van der Waals surface area contributed by atoms with E-state index >= 15 is 0 Å². The molecular weight excluding hydrogens is 442 g/mol. The highest BCUT2D eigenvalue weighted by molar-refractivity contribution is 7.20. The molecule has 178 valence electrons.